The second-order valence-corrected chi connectivity index (χ2v) is 7.58. The largest absolute Gasteiger partial charge is 0.397 e. The van der Waals surface area contributed by atoms with Gasteiger partial charge in [0.25, 0.3) is 5.91 Å². The lowest BCUT2D eigenvalue weighted by atomic mass is 10.1. The van der Waals surface area contributed by atoms with Crippen molar-refractivity contribution in [1.29, 1.82) is 0 Å². The first-order chi connectivity index (χ1) is 12.9. The van der Waals surface area contributed by atoms with Crippen LogP contribution in [0, 0.1) is 0 Å². The Bertz CT molecular complexity index is 1010. The van der Waals surface area contributed by atoms with Gasteiger partial charge in [0.05, 0.1) is 26.8 Å². The maximum Gasteiger partial charge on any atom is 0.260 e. The average molecular weight is 426 g/mol. The van der Waals surface area contributed by atoms with E-state index in [1.807, 2.05) is 0 Å². The number of hydrogen-bond donors (Lipinski definition) is 4. The molecule has 3 aromatic rings. The fourth-order valence-electron chi connectivity index (χ4n) is 2.57. The van der Waals surface area contributed by atoms with Crippen LogP contribution in [0.1, 0.15) is 22.5 Å². The predicted molar refractivity (Wildman–Crippen MR) is 111 cm³/mol. The van der Waals surface area contributed by atoms with E-state index in [1.54, 1.807) is 18.2 Å². The van der Waals surface area contributed by atoms with Crippen LogP contribution in [0.15, 0.2) is 18.2 Å². The second-order valence-electron chi connectivity index (χ2n) is 5.77. The van der Waals surface area contributed by atoms with Crippen molar-refractivity contribution in [3.63, 3.8) is 0 Å². The summed E-state index contributed by atoms with van der Waals surface area (Å²) in [5.74, 6) is -0.230. The van der Waals surface area contributed by atoms with Crippen molar-refractivity contribution < 1.29 is 9.90 Å². The molecule has 0 spiro atoms. The third kappa shape index (κ3) is 4.08. The highest BCUT2D eigenvalue weighted by Gasteiger charge is 2.21. The monoisotopic (exact) mass is 425 g/mol. The molecular weight excluding hydrogens is 409 g/mol. The van der Waals surface area contributed by atoms with Crippen molar-refractivity contribution in [2.45, 2.75) is 12.8 Å². The number of fused-ring (bicyclic) bond motifs is 1. The van der Waals surface area contributed by atoms with Crippen LogP contribution < -0.4 is 16.8 Å². The van der Waals surface area contributed by atoms with Crippen molar-refractivity contribution in [3.05, 3.63) is 33.1 Å². The molecule has 0 saturated heterocycles. The Morgan fingerprint density at radius 2 is 2.00 bits per heavy atom. The molecule has 1 aromatic carbocycles. The van der Waals surface area contributed by atoms with Gasteiger partial charge in [0.15, 0.2) is 0 Å². The Kier molecular flexibility index (Phi) is 6.01. The number of thiophene rings is 1. The molecule has 6 N–H and O–H groups in total. The standard InChI is InChI=1S/C17H17Cl2N5O2S/c18-9-4-3-8(7-10(9)19)13-11-12(20)14(15(21)26)27-16(11)24-17(23-13)22-5-1-2-6-25/h3-4,7,25H,1-2,5-6,20H2,(H2,21,26)(H,22,23,24). The van der Waals surface area contributed by atoms with E-state index < -0.39 is 5.91 Å². The summed E-state index contributed by atoms with van der Waals surface area (Å²) in [6, 6.07) is 5.12. The number of nitrogens with zero attached hydrogens (tertiary/aromatic N) is 2. The number of primary amides is 1. The summed E-state index contributed by atoms with van der Waals surface area (Å²) in [6.45, 7) is 0.718. The number of aliphatic hydroxyl groups excluding tert-OH is 1. The maximum atomic E-state index is 11.7. The highest BCUT2D eigenvalue weighted by atomic mass is 35.5. The minimum Gasteiger partial charge on any atom is -0.397 e. The molecule has 10 heteroatoms. The minimum atomic E-state index is -0.618. The first kappa shape index (κ1) is 19.6. The lowest BCUT2D eigenvalue weighted by Gasteiger charge is -2.09. The molecule has 7 nitrogen and oxygen atoms in total. The molecule has 0 unspecified atom stereocenters. The van der Waals surface area contributed by atoms with E-state index in [2.05, 4.69) is 15.3 Å². The Labute approximate surface area is 169 Å². The normalized spacial score (nSPS) is 11.1. The summed E-state index contributed by atoms with van der Waals surface area (Å²) >= 11 is 13.3. The zero-order valence-electron chi connectivity index (χ0n) is 14.1. The van der Waals surface area contributed by atoms with Crippen LogP contribution in [0.5, 0.6) is 0 Å². The number of nitrogens with two attached hydrogens (primary N) is 2. The van der Waals surface area contributed by atoms with Gasteiger partial charge >= 0.3 is 0 Å². The second kappa shape index (κ2) is 8.26. The molecule has 0 radical (unpaired) electrons. The van der Waals surface area contributed by atoms with Gasteiger partial charge in [-0.3, -0.25) is 4.79 Å². The quantitative estimate of drug-likeness (QED) is 0.428. The van der Waals surface area contributed by atoms with E-state index in [0.717, 1.165) is 17.8 Å². The predicted octanol–water partition coefficient (Wildman–Crippen LogP) is 3.53. The maximum absolute atomic E-state index is 11.7. The van der Waals surface area contributed by atoms with Gasteiger partial charge in [-0.25, -0.2) is 9.97 Å². The van der Waals surface area contributed by atoms with Crippen molar-refractivity contribution >= 4 is 62.3 Å². The number of amides is 1. The van der Waals surface area contributed by atoms with Gasteiger partial charge in [0, 0.05) is 18.7 Å². The number of hydrogen-bond acceptors (Lipinski definition) is 7. The molecule has 0 aliphatic rings. The number of anilines is 2. The number of benzene rings is 1. The molecule has 0 atom stereocenters. The van der Waals surface area contributed by atoms with Crippen LogP contribution in [0.4, 0.5) is 11.6 Å². The molecule has 0 aliphatic carbocycles. The van der Waals surface area contributed by atoms with E-state index in [4.69, 9.17) is 39.8 Å². The van der Waals surface area contributed by atoms with Gasteiger partial charge < -0.3 is 21.9 Å². The smallest absolute Gasteiger partial charge is 0.260 e. The lowest BCUT2D eigenvalue weighted by molar-refractivity contribution is 0.100. The molecule has 142 valence electrons. The van der Waals surface area contributed by atoms with Crippen LogP contribution in [-0.4, -0.2) is 34.1 Å². The van der Waals surface area contributed by atoms with Crippen LogP contribution >= 0.6 is 34.5 Å². The summed E-state index contributed by atoms with van der Waals surface area (Å²) in [5.41, 5.74) is 13.1. The number of halogens is 2. The Morgan fingerprint density at radius 3 is 2.67 bits per heavy atom. The molecule has 0 bridgehead atoms. The van der Waals surface area contributed by atoms with Gasteiger partial charge in [-0.2, -0.15) is 0 Å². The minimum absolute atomic E-state index is 0.125. The number of nitrogen functional groups attached to an aromatic ring is 1. The fraction of sp³-hybridized carbons (Fsp3) is 0.235. The third-order valence-corrected chi connectivity index (χ3v) is 5.73. The summed E-state index contributed by atoms with van der Waals surface area (Å²) in [4.78, 5) is 21.5. The molecule has 0 saturated carbocycles. The first-order valence-corrected chi connectivity index (χ1v) is 9.69. The Hall–Kier alpha value is -2.13. The van der Waals surface area contributed by atoms with E-state index in [9.17, 15) is 4.79 Å². The fourth-order valence-corrected chi connectivity index (χ4v) is 3.82. The van der Waals surface area contributed by atoms with Gasteiger partial charge in [-0.05, 0) is 25.0 Å². The number of carbonyl (C=O) groups excluding carboxylic acids is 1. The van der Waals surface area contributed by atoms with Gasteiger partial charge in [0.2, 0.25) is 5.95 Å². The Morgan fingerprint density at radius 1 is 1.22 bits per heavy atom. The van der Waals surface area contributed by atoms with Crippen LogP contribution in [0.3, 0.4) is 0 Å². The molecule has 3 rings (SSSR count). The number of aromatic nitrogens is 2. The number of nitrogens with one attached hydrogen (secondary N) is 1. The molecule has 27 heavy (non-hydrogen) atoms. The SMILES string of the molecule is NC(=O)c1sc2nc(NCCCCO)nc(-c3ccc(Cl)c(Cl)c3)c2c1N. The van der Waals surface area contributed by atoms with Gasteiger partial charge in [-0.15, -0.1) is 11.3 Å². The third-order valence-electron chi connectivity index (χ3n) is 3.87. The molecule has 2 aromatic heterocycles. The highest BCUT2D eigenvalue weighted by molar-refractivity contribution is 7.21. The summed E-state index contributed by atoms with van der Waals surface area (Å²) in [6.07, 6.45) is 1.44. The van der Waals surface area contributed by atoms with Gasteiger partial charge in [-0.1, -0.05) is 29.3 Å². The van der Waals surface area contributed by atoms with E-state index in [-0.39, 0.29) is 17.2 Å². The zero-order valence-corrected chi connectivity index (χ0v) is 16.5. The van der Waals surface area contributed by atoms with E-state index in [0.29, 0.717) is 50.4 Å². The Balaban J connectivity index is 2.14. The van der Waals surface area contributed by atoms with Crippen LogP contribution in [-0.2, 0) is 0 Å². The van der Waals surface area contributed by atoms with Crippen molar-refractivity contribution in [3.8, 4) is 11.3 Å². The summed E-state index contributed by atoms with van der Waals surface area (Å²) in [5, 5.41) is 13.4. The molecular formula is C17H17Cl2N5O2S. The number of carbonyl (C=O) groups is 1. The number of unbranched alkanes of at least 4 members (excludes halogenated alkanes) is 1. The zero-order chi connectivity index (χ0) is 19.6. The molecule has 0 aliphatic heterocycles. The summed E-state index contributed by atoms with van der Waals surface area (Å²) in [7, 11) is 0. The molecule has 2 heterocycles. The topological polar surface area (TPSA) is 127 Å². The van der Waals surface area contributed by atoms with Crippen molar-refractivity contribution in [1.82, 2.24) is 9.97 Å². The van der Waals surface area contributed by atoms with Gasteiger partial charge in [0.1, 0.15) is 9.71 Å². The highest BCUT2D eigenvalue weighted by Crippen LogP contribution is 2.40. The molecule has 0 fully saturated rings. The molecule has 1 amide bonds. The average Bonchev–Trinajstić information content (AvgIpc) is 2.97. The van der Waals surface area contributed by atoms with Crippen molar-refractivity contribution in [2.75, 3.05) is 24.2 Å². The lowest BCUT2D eigenvalue weighted by Crippen LogP contribution is -2.10. The van der Waals surface area contributed by atoms with Crippen LogP contribution in [0.25, 0.3) is 21.5 Å². The van der Waals surface area contributed by atoms with Crippen molar-refractivity contribution in [2.24, 2.45) is 5.73 Å². The summed E-state index contributed by atoms with van der Waals surface area (Å²) < 4.78 is 0. The first-order valence-electron chi connectivity index (χ1n) is 8.12. The number of rotatable bonds is 7. The van der Waals surface area contributed by atoms with Crippen LogP contribution in [0.2, 0.25) is 10.0 Å². The van der Waals surface area contributed by atoms with E-state index in [1.165, 1.54) is 0 Å². The van der Waals surface area contributed by atoms with E-state index >= 15 is 0 Å². The number of aliphatic hydroxyl groups is 1.